The van der Waals surface area contributed by atoms with E-state index in [1.165, 1.54) is 6.21 Å². The van der Waals surface area contributed by atoms with Gasteiger partial charge in [0, 0.05) is 15.1 Å². The average molecular weight is 410 g/mol. The number of rotatable bonds is 6. The first-order chi connectivity index (χ1) is 11.4. The molecule has 0 unspecified atom stereocenters. The van der Waals surface area contributed by atoms with Crippen LogP contribution in [0.4, 0.5) is 0 Å². The van der Waals surface area contributed by atoms with Crippen LogP contribution in [0.3, 0.4) is 0 Å². The molecule has 0 spiro atoms. The molecule has 2 rings (SSSR count). The maximum Gasteiger partial charge on any atom is 0.244 e. The van der Waals surface area contributed by atoms with Gasteiger partial charge < -0.3 is 4.74 Å². The van der Waals surface area contributed by atoms with Gasteiger partial charge in [-0.05, 0) is 49.7 Å². The number of nitrogens with one attached hydrogen (secondary N) is 1. The van der Waals surface area contributed by atoms with Gasteiger partial charge in [-0.25, -0.2) is 5.43 Å². The van der Waals surface area contributed by atoms with Crippen molar-refractivity contribution in [2.75, 3.05) is 0 Å². The molecule has 24 heavy (non-hydrogen) atoms. The average Bonchev–Trinajstić information content (AvgIpc) is 2.52. The summed E-state index contributed by atoms with van der Waals surface area (Å²) >= 11 is 9.37. The van der Waals surface area contributed by atoms with Crippen LogP contribution in [0.2, 0.25) is 5.02 Å². The second-order valence-electron chi connectivity index (χ2n) is 5.45. The number of hydrogen-bond acceptors (Lipinski definition) is 3. The zero-order valence-corrected chi connectivity index (χ0v) is 15.8. The first-order valence-electron chi connectivity index (χ1n) is 7.46. The molecule has 6 heteroatoms. The van der Waals surface area contributed by atoms with E-state index in [0.717, 1.165) is 10.0 Å². The summed E-state index contributed by atoms with van der Waals surface area (Å²) in [6.07, 6.45) is 1.82. The molecule has 0 saturated carbocycles. The molecule has 0 aliphatic carbocycles. The van der Waals surface area contributed by atoms with Crippen LogP contribution in [0.1, 0.15) is 25.0 Å². The Balaban J connectivity index is 1.99. The lowest BCUT2D eigenvalue weighted by Crippen LogP contribution is -2.19. The Morgan fingerprint density at radius 1 is 1.29 bits per heavy atom. The van der Waals surface area contributed by atoms with Crippen LogP contribution in [0.15, 0.2) is 52.0 Å². The van der Waals surface area contributed by atoms with Crippen molar-refractivity contribution in [1.29, 1.82) is 0 Å². The maximum atomic E-state index is 11.9. The lowest BCUT2D eigenvalue weighted by Gasteiger charge is -2.12. The standard InChI is InChI=1S/C18H18BrClN2O2/c1-12(2)24-17-8-7-16(20)10-14(17)11-21-22-18(23)9-13-3-5-15(19)6-4-13/h3-8,10-12H,9H2,1-2H3,(H,22,23)/b21-11-. The summed E-state index contributed by atoms with van der Waals surface area (Å²) in [5, 5.41) is 4.57. The van der Waals surface area contributed by atoms with Crippen molar-refractivity contribution in [2.45, 2.75) is 26.4 Å². The van der Waals surface area contributed by atoms with Gasteiger partial charge in [-0.3, -0.25) is 4.79 Å². The van der Waals surface area contributed by atoms with E-state index in [1.807, 2.05) is 38.1 Å². The fourth-order valence-electron chi connectivity index (χ4n) is 1.98. The Labute approximate surface area is 155 Å². The number of hydrogen-bond donors (Lipinski definition) is 1. The number of carbonyl (C=O) groups excluding carboxylic acids is 1. The summed E-state index contributed by atoms with van der Waals surface area (Å²) in [4.78, 5) is 11.9. The second-order valence-corrected chi connectivity index (χ2v) is 6.80. The number of hydrazone groups is 1. The molecule has 126 valence electrons. The monoisotopic (exact) mass is 408 g/mol. The highest BCUT2D eigenvalue weighted by molar-refractivity contribution is 9.10. The number of nitrogens with zero attached hydrogens (tertiary/aromatic N) is 1. The lowest BCUT2D eigenvalue weighted by molar-refractivity contribution is -0.120. The van der Waals surface area contributed by atoms with E-state index in [0.29, 0.717) is 16.3 Å². The molecule has 0 atom stereocenters. The summed E-state index contributed by atoms with van der Waals surface area (Å²) in [5.41, 5.74) is 4.14. The third kappa shape index (κ3) is 5.98. The summed E-state index contributed by atoms with van der Waals surface area (Å²) in [6.45, 7) is 3.88. The van der Waals surface area contributed by atoms with Crippen molar-refractivity contribution in [1.82, 2.24) is 5.43 Å². The van der Waals surface area contributed by atoms with E-state index >= 15 is 0 Å². The highest BCUT2D eigenvalue weighted by Gasteiger charge is 2.06. The fraction of sp³-hybridized carbons (Fsp3) is 0.222. The number of ether oxygens (including phenoxy) is 1. The van der Waals surface area contributed by atoms with Crippen LogP contribution >= 0.6 is 27.5 Å². The summed E-state index contributed by atoms with van der Waals surface area (Å²) in [6, 6.07) is 12.8. The van der Waals surface area contributed by atoms with Gasteiger partial charge in [-0.2, -0.15) is 5.10 Å². The molecule has 0 fully saturated rings. The molecule has 0 aliphatic rings. The van der Waals surface area contributed by atoms with E-state index in [4.69, 9.17) is 16.3 Å². The van der Waals surface area contributed by atoms with E-state index in [1.54, 1.807) is 18.2 Å². The Morgan fingerprint density at radius 3 is 2.67 bits per heavy atom. The number of carbonyl (C=O) groups is 1. The Bertz CT molecular complexity index is 730. The minimum Gasteiger partial charge on any atom is -0.490 e. The van der Waals surface area contributed by atoms with Gasteiger partial charge in [-0.15, -0.1) is 0 Å². The van der Waals surface area contributed by atoms with Crippen molar-refractivity contribution >= 4 is 39.7 Å². The fourth-order valence-corrected chi connectivity index (χ4v) is 2.43. The van der Waals surface area contributed by atoms with E-state index < -0.39 is 0 Å². The minimum absolute atomic E-state index is 0.0327. The lowest BCUT2D eigenvalue weighted by atomic mass is 10.1. The van der Waals surface area contributed by atoms with Crippen LogP contribution < -0.4 is 10.2 Å². The van der Waals surface area contributed by atoms with E-state index in [2.05, 4.69) is 26.5 Å². The largest absolute Gasteiger partial charge is 0.490 e. The zero-order chi connectivity index (χ0) is 17.5. The van der Waals surface area contributed by atoms with Crippen LogP contribution in [0.25, 0.3) is 0 Å². The van der Waals surface area contributed by atoms with Crippen molar-refractivity contribution in [2.24, 2.45) is 5.10 Å². The molecule has 0 heterocycles. The third-order valence-corrected chi connectivity index (χ3v) is 3.77. The van der Waals surface area contributed by atoms with Crippen molar-refractivity contribution < 1.29 is 9.53 Å². The molecular weight excluding hydrogens is 392 g/mol. The molecule has 0 bridgehead atoms. The smallest absolute Gasteiger partial charge is 0.244 e. The van der Waals surface area contributed by atoms with Crippen molar-refractivity contribution in [3.63, 3.8) is 0 Å². The first-order valence-corrected chi connectivity index (χ1v) is 8.63. The van der Waals surface area contributed by atoms with Crippen LogP contribution in [0.5, 0.6) is 5.75 Å². The van der Waals surface area contributed by atoms with E-state index in [-0.39, 0.29) is 18.4 Å². The number of benzene rings is 2. The first kappa shape index (κ1) is 18.5. The molecule has 2 aromatic rings. The van der Waals surface area contributed by atoms with Gasteiger partial charge in [0.05, 0.1) is 18.7 Å². The van der Waals surface area contributed by atoms with Gasteiger partial charge in [0.2, 0.25) is 5.91 Å². The molecule has 0 aromatic heterocycles. The third-order valence-electron chi connectivity index (χ3n) is 3.01. The Hall–Kier alpha value is -1.85. The van der Waals surface area contributed by atoms with Gasteiger partial charge in [0.1, 0.15) is 5.75 Å². The highest BCUT2D eigenvalue weighted by Crippen LogP contribution is 2.22. The normalized spacial score (nSPS) is 11.0. The van der Waals surface area contributed by atoms with Crippen molar-refractivity contribution in [3.8, 4) is 5.75 Å². The van der Waals surface area contributed by atoms with Crippen LogP contribution in [0, 0.1) is 0 Å². The number of amides is 1. The van der Waals surface area contributed by atoms with E-state index in [9.17, 15) is 4.79 Å². The quantitative estimate of drug-likeness (QED) is 0.561. The van der Waals surface area contributed by atoms with Crippen LogP contribution in [-0.4, -0.2) is 18.2 Å². The molecule has 4 nitrogen and oxygen atoms in total. The zero-order valence-electron chi connectivity index (χ0n) is 13.4. The highest BCUT2D eigenvalue weighted by atomic mass is 79.9. The Morgan fingerprint density at radius 2 is 2.00 bits per heavy atom. The predicted molar refractivity (Wildman–Crippen MR) is 101 cm³/mol. The second kappa shape index (κ2) is 8.85. The van der Waals surface area contributed by atoms with Gasteiger partial charge in [0.25, 0.3) is 0 Å². The molecule has 0 aliphatic heterocycles. The van der Waals surface area contributed by atoms with Gasteiger partial charge in [0.15, 0.2) is 0 Å². The molecule has 1 N–H and O–H groups in total. The molecule has 0 saturated heterocycles. The molecule has 1 amide bonds. The van der Waals surface area contributed by atoms with Gasteiger partial charge >= 0.3 is 0 Å². The Kier molecular flexibility index (Phi) is 6.82. The number of halogens is 2. The predicted octanol–water partition coefficient (Wildman–Crippen LogP) is 4.58. The maximum absolute atomic E-state index is 11.9. The summed E-state index contributed by atoms with van der Waals surface area (Å²) in [5.74, 6) is 0.474. The van der Waals surface area contributed by atoms with Crippen molar-refractivity contribution in [3.05, 3.63) is 63.1 Å². The van der Waals surface area contributed by atoms with Crippen LogP contribution in [-0.2, 0) is 11.2 Å². The molecular formula is C18H18BrClN2O2. The summed E-state index contributed by atoms with van der Waals surface area (Å²) < 4.78 is 6.67. The minimum atomic E-state index is -0.193. The molecule has 2 aromatic carbocycles. The molecule has 0 radical (unpaired) electrons. The van der Waals surface area contributed by atoms with Gasteiger partial charge in [-0.1, -0.05) is 39.7 Å². The SMILES string of the molecule is CC(C)Oc1ccc(Cl)cc1/C=N\NC(=O)Cc1ccc(Br)cc1. The summed E-state index contributed by atoms with van der Waals surface area (Å²) in [7, 11) is 0. The topological polar surface area (TPSA) is 50.7 Å².